The lowest BCUT2D eigenvalue weighted by Gasteiger charge is -2.19. The summed E-state index contributed by atoms with van der Waals surface area (Å²) in [6.07, 6.45) is 1.59. The third-order valence-electron chi connectivity index (χ3n) is 4.81. The maximum absolute atomic E-state index is 13.5. The summed E-state index contributed by atoms with van der Waals surface area (Å²) in [5, 5.41) is 0.727. The van der Waals surface area contributed by atoms with E-state index < -0.39 is 15.6 Å². The largest absolute Gasteiger partial charge is 0.322 e. The van der Waals surface area contributed by atoms with Gasteiger partial charge in [0.1, 0.15) is 0 Å². The predicted molar refractivity (Wildman–Crippen MR) is 119 cm³/mol. The fourth-order valence-corrected chi connectivity index (χ4v) is 5.17. The van der Waals surface area contributed by atoms with Crippen molar-refractivity contribution in [1.29, 1.82) is 0 Å². The molecule has 0 spiro atoms. The Morgan fingerprint density at radius 3 is 2.28 bits per heavy atom. The van der Waals surface area contributed by atoms with Gasteiger partial charge < -0.3 is 5.73 Å². The predicted octanol–water partition coefficient (Wildman–Crippen LogP) is 4.90. The van der Waals surface area contributed by atoms with Gasteiger partial charge in [-0.25, -0.2) is 17.4 Å². The average molecular weight is 470 g/mol. The summed E-state index contributed by atoms with van der Waals surface area (Å²) in [7, 11) is -3.85. The number of pyridine rings is 1. The van der Waals surface area contributed by atoms with Crippen LogP contribution in [-0.2, 0) is 15.6 Å². The van der Waals surface area contributed by atoms with Crippen molar-refractivity contribution in [3.8, 4) is 11.3 Å². The van der Waals surface area contributed by atoms with E-state index in [1.165, 1.54) is 3.97 Å². The van der Waals surface area contributed by atoms with Crippen molar-refractivity contribution in [2.24, 2.45) is 5.73 Å². The Bertz CT molecular complexity index is 1290. The van der Waals surface area contributed by atoms with Crippen LogP contribution in [0.3, 0.4) is 0 Å². The van der Waals surface area contributed by atoms with Gasteiger partial charge in [-0.05, 0) is 65.2 Å². The van der Waals surface area contributed by atoms with Crippen LogP contribution in [0.15, 0.2) is 82.3 Å². The van der Waals surface area contributed by atoms with Gasteiger partial charge in [0.05, 0.1) is 10.6 Å². The molecule has 2 aromatic carbocycles. The highest BCUT2D eigenvalue weighted by atomic mass is 79.9. The minimum Gasteiger partial charge on any atom is -0.322 e. The zero-order chi connectivity index (χ0) is 20.8. The van der Waals surface area contributed by atoms with Gasteiger partial charge in [-0.15, -0.1) is 0 Å². The van der Waals surface area contributed by atoms with E-state index in [2.05, 4.69) is 20.9 Å². The fourth-order valence-electron chi connectivity index (χ4n) is 3.26. The second-order valence-corrected chi connectivity index (χ2v) is 10.1. The van der Waals surface area contributed by atoms with Crippen LogP contribution in [0, 0.1) is 0 Å². The summed E-state index contributed by atoms with van der Waals surface area (Å²) in [5.41, 5.74) is 8.36. The van der Waals surface area contributed by atoms with Crippen LogP contribution in [0.2, 0.25) is 0 Å². The van der Waals surface area contributed by atoms with Crippen LogP contribution >= 0.6 is 15.9 Å². The number of nitrogens with two attached hydrogens (primary N) is 1. The lowest BCUT2D eigenvalue weighted by Crippen LogP contribution is -2.28. The molecule has 2 N–H and O–H groups in total. The lowest BCUT2D eigenvalue weighted by molar-refractivity contribution is 0.554. The maximum atomic E-state index is 13.5. The van der Waals surface area contributed by atoms with Crippen LogP contribution in [-0.4, -0.2) is 17.4 Å². The minimum absolute atomic E-state index is 0.209. The summed E-state index contributed by atoms with van der Waals surface area (Å²) in [4.78, 5) is 4.58. The highest BCUT2D eigenvalue weighted by molar-refractivity contribution is 9.10. The number of benzene rings is 2. The number of fused-ring (bicyclic) bond motifs is 1. The Morgan fingerprint density at radius 1 is 1.00 bits per heavy atom. The zero-order valence-corrected chi connectivity index (χ0v) is 18.4. The summed E-state index contributed by atoms with van der Waals surface area (Å²) in [6.45, 7) is 3.86. The van der Waals surface area contributed by atoms with Crippen LogP contribution in [0.5, 0.6) is 0 Å². The van der Waals surface area contributed by atoms with Gasteiger partial charge in [0.2, 0.25) is 0 Å². The van der Waals surface area contributed by atoms with Gasteiger partial charge in [0.15, 0.2) is 5.65 Å². The van der Waals surface area contributed by atoms with Gasteiger partial charge in [-0.1, -0.05) is 42.5 Å². The molecule has 0 amide bonds. The summed E-state index contributed by atoms with van der Waals surface area (Å²) < 4.78 is 29.1. The van der Waals surface area contributed by atoms with Crippen molar-refractivity contribution in [1.82, 2.24) is 8.96 Å². The molecular formula is C22H20BrN3O2S. The first-order chi connectivity index (χ1) is 13.7. The molecule has 0 saturated carbocycles. The first-order valence-corrected chi connectivity index (χ1v) is 11.3. The average Bonchev–Trinajstić information content (AvgIpc) is 3.10. The van der Waals surface area contributed by atoms with Crippen LogP contribution in [0.1, 0.15) is 19.4 Å². The van der Waals surface area contributed by atoms with E-state index in [1.54, 1.807) is 42.6 Å². The first kappa shape index (κ1) is 19.8. The van der Waals surface area contributed by atoms with E-state index in [0.29, 0.717) is 11.3 Å². The molecule has 0 bridgehead atoms. The number of aromatic nitrogens is 2. The van der Waals surface area contributed by atoms with Crippen LogP contribution in [0.25, 0.3) is 22.3 Å². The maximum Gasteiger partial charge on any atom is 0.269 e. The van der Waals surface area contributed by atoms with Gasteiger partial charge in [0, 0.05) is 21.6 Å². The Kier molecular flexibility index (Phi) is 4.85. The Hall–Kier alpha value is -2.48. The molecule has 148 valence electrons. The van der Waals surface area contributed by atoms with E-state index in [-0.39, 0.29) is 4.90 Å². The Balaban J connectivity index is 2.01. The van der Waals surface area contributed by atoms with E-state index in [0.717, 1.165) is 21.0 Å². The highest BCUT2D eigenvalue weighted by Gasteiger charge is 2.25. The SMILES string of the molecule is CC(C)(N)c1ccc(-c2cc3c(Br)ccnc3n2S(=O)(=O)c2ccccc2)cc1. The van der Waals surface area contributed by atoms with E-state index in [4.69, 9.17) is 5.73 Å². The molecule has 5 nitrogen and oxygen atoms in total. The van der Waals surface area contributed by atoms with Gasteiger partial charge in [-0.3, -0.25) is 0 Å². The number of rotatable bonds is 4. The first-order valence-electron chi connectivity index (χ1n) is 9.06. The molecule has 29 heavy (non-hydrogen) atoms. The van der Waals surface area contributed by atoms with E-state index in [9.17, 15) is 8.42 Å². The quantitative estimate of drug-likeness (QED) is 0.461. The zero-order valence-electron chi connectivity index (χ0n) is 16.0. The van der Waals surface area contributed by atoms with Crippen molar-refractivity contribution in [2.45, 2.75) is 24.3 Å². The third kappa shape index (κ3) is 3.50. The molecular weight excluding hydrogens is 450 g/mol. The highest BCUT2D eigenvalue weighted by Crippen LogP contribution is 2.35. The van der Waals surface area contributed by atoms with Crippen molar-refractivity contribution in [2.75, 3.05) is 0 Å². The number of halogens is 1. The van der Waals surface area contributed by atoms with E-state index in [1.807, 2.05) is 44.2 Å². The molecule has 7 heteroatoms. The van der Waals surface area contributed by atoms with Crippen molar-refractivity contribution in [3.05, 3.63) is 83.0 Å². The molecule has 0 unspecified atom stereocenters. The Labute approximate surface area is 178 Å². The molecule has 0 fully saturated rings. The molecule has 0 saturated heterocycles. The van der Waals surface area contributed by atoms with E-state index >= 15 is 0 Å². The van der Waals surface area contributed by atoms with Crippen molar-refractivity contribution < 1.29 is 8.42 Å². The number of hydrogen-bond acceptors (Lipinski definition) is 4. The minimum atomic E-state index is -3.85. The molecule has 0 aliphatic heterocycles. The molecule has 0 radical (unpaired) electrons. The van der Waals surface area contributed by atoms with Gasteiger partial charge in [-0.2, -0.15) is 0 Å². The summed E-state index contributed by atoms with van der Waals surface area (Å²) in [5.74, 6) is 0. The number of hydrogen-bond donors (Lipinski definition) is 1. The Morgan fingerprint density at radius 2 is 1.66 bits per heavy atom. The molecule has 0 atom stereocenters. The lowest BCUT2D eigenvalue weighted by atomic mass is 9.94. The normalized spacial score (nSPS) is 12.4. The van der Waals surface area contributed by atoms with Crippen molar-refractivity contribution >= 4 is 37.0 Å². The third-order valence-corrected chi connectivity index (χ3v) is 7.22. The van der Waals surface area contributed by atoms with Crippen LogP contribution in [0.4, 0.5) is 0 Å². The van der Waals surface area contributed by atoms with Gasteiger partial charge >= 0.3 is 0 Å². The molecule has 2 heterocycles. The van der Waals surface area contributed by atoms with Crippen LogP contribution < -0.4 is 5.73 Å². The second kappa shape index (κ2) is 7.09. The second-order valence-electron chi connectivity index (χ2n) is 7.44. The smallest absolute Gasteiger partial charge is 0.269 e. The monoisotopic (exact) mass is 469 g/mol. The fraction of sp³-hybridized carbons (Fsp3) is 0.136. The molecule has 0 aliphatic rings. The molecule has 4 aromatic rings. The van der Waals surface area contributed by atoms with Gasteiger partial charge in [0.25, 0.3) is 10.0 Å². The molecule has 4 rings (SSSR count). The molecule has 2 aromatic heterocycles. The van der Waals surface area contributed by atoms with Crippen molar-refractivity contribution in [3.63, 3.8) is 0 Å². The summed E-state index contributed by atoms with van der Waals surface area (Å²) >= 11 is 3.51. The summed E-state index contributed by atoms with van der Waals surface area (Å²) in [6, 6.07) is 19.7. The topological polar surface area (TPSA) is 78.0 Å². The molecule has 0 aliphatic carbocycles. The standard InChI is InChI=1S/C22H20BrN3O2S/c1-22(2,24)16-10-8-15(9-11-16)20-14-18-19(23)12-13-25-21(18)26(20)29(27,28)17-6-4-3-5-7-17/h3-14H,24H2,1-2H3. The number of nitrogens with zero attached hydrogens (tertiary/aromatic N) is 2.